The maximum absolute atomic E-state index is 5.21. The molecule has 0 saturated carbocycles. The minimum atomic E-state index is -0.0686. The Kier molecular flexibility index (Phi) is 6.53. The van der Waals surface area contributed by atoms with E-state index in [4.69, 9.17) is 15.0 Å². The average Bonchev–Trinajstić information content (AvgIpc) is 3.43. The van der Waals surface area contributed by atoms with Crippen LogP contribution in [0.1, 0.15) is 25.0 Å². The number of benzene rings is 8. The molecule has 1 aromatic heterocycles. The molecule has 240 valence electrons. The zero-order valence-electron chi connectivity index (χ0n) is 28.4. The number of fused-ring (bicyclic) bond motifs is 6. The molecule has 3 heteroatoms. The minimum Gasteiger partial charge on any atom is -0.208 e. The van der Waals surface area contributed by atoms with Gasteiger partial charge in [-0.15, -0.1) is 0 Å². The van der Waals surface area contributed by atoms with E-state index in [0.29, 0.717) is 17.5 Å². The molecule has 8 aromatic carbocycles. The van der Waals surface area contributed by atoms with Gasteiger partial charge in [-0.05, 0) is 77.8 Å². The van der Waals surface area contributed by atoms with Gasteiger partial charge in [0.05, 0.1) is 0 Å². The molecule has 1 aliphatic rings. The summed E-state index contributed by atoms with van der Waals surface area (Å²) >= 11 is 0. The Morgan fingerprint density at radius 1 is 0.353 bits per heavy atom. The first-order valence-corrected chi connectivity index (χ1v) is 17.5. The van der Waals surface area contributed by atoms with Gasteiger partial charge in [-0.2, -0.15) is 0 Å². The molecular formula is C48H33N3. The fraction of sp³-hybridized carbons (Fsp3) is 0.0625. The molecule has 10 rings (SSSR count). The van der Waals surface area contributed by atoms with Gasteiger partial charge in [0.25, 0.3) is 0 Å². The Morgan fingerprint density at radius 3 is 1.49 bits per heavy atom. The summed E-state index contributed by atoms with van der Waals surface area (Å²) in [5.41, 5.74) is 10.7. The Labute approximate surface area is 297 Å². The standard InChI is InChI=1S/C48H33N3/c1-48(2)42-22-8-7-16-41(42)44-39(20-11-23-43(44)48)37-18-9-19-38-36(37)17-10-21-40(38)47-50-45(34-26-24-30-12-3-5-14-32(30)28-34)49-46(51-47)35-27-25-31-13-4-6-15-33(31)29-35/h3-29H,1-2H3. The van der Waals surface area contributed by atoms with Crippen molar-refractivity contribution in [3.63, 3.8) is 0 Å². The normalized spacial score (nSPS) is 13.1. The molecule has 1 heterocycles. The van der Waals surface area contributed by atoms with Crippen molar-refractivity contribution in [1.82, 2.24) is 15.0 Å². The van der Waals surface area contributed by atoms with Crippen LogP contribution in [-0.2, 0) is 5.41 Å². The summed E-state index contributed by atoms with van der Waals surface area (Å²) in [4.78, 5) is 15.5. The van der Waals surface area contributed by atoms with Crippen LogP contribution in [0.5, 0.6) is 0 Å². The summed E-state index contributed by atoms with van der Waals surface area (Å²) in [5, 5.41) is 6.96. The summed E-state index contributed by atoms with van der Waals surface area (Å²) in [7, 11) is 0. The van der Waals surface area contributed by atoms with Gasteiger partial charge >= 0.3 is 0 Å². The van der Waals surface area contributed by atoms with Gasteiger partial charge in [-0.25, -0.2) is 15.0 Å². The van der Waals surface area contributed by atoms with E-state index in [1.54, 1.807) is 0 Å². The molecule has 0 fully saturated rings. The molecular weight excluding hydrogens is 619 g/mol. The summed E-state index contributed by atoms with van der Waals surface area (Å²) in [6.45, 7) is 4.67. The third kappa shape index (κ3) is 4.69. The van der Waals surface area contributed by atoms with Crippen molar-refractivity contribution in [2.45, 2.75) is 19.3 Å². The second-order valence-electron chi connectivity index (χ2n) is 14.0. The predicted octanol–water partition coefficient (Wildman–Crippen LogP) is 12.3. The van der Waals surface area contributed by atoms with Crippen molar-refractivity contribution in [2.75, 3.05) is 0 Å². The maximum atomic E-state index is 5.21. The topological polar surface area (TPSA) is 38.7 Å². The van der Waals surface area contributed by atoms with E-state index in [9.17, 15) is 0 Å². The highest BCUT2D eigenvalue weighted by atomic mass is 15.0. The Hall–Kier alpha value is -6.45. The number of hydrogen-bond donors (Lipinski definition) is 0. The van der Waals surface area contributed by atoms with E-state index in [2.05, 4.69) is 178 Å². The van der Waals surface area contributed by atoms with Crippen molar-refractivity contribution >= 4 is 32.3 Å². The smallest absolute Gasteiger partial charge is 0.164 e. The second kappa shape index (κ2) is 11.3. The fourth-order valence-electron chi connectivity index (χ4n) is 8.13. The van der Waals surface area contributed by atoms with Crippen LogP contribution in [0.2, 0.25) is 0 Å². The molecule has 0 bridgehead atoms. The first-order valence-electron chi connectivity index (χ1n) is 17.5. The quantitative estimate of drug-likeness (QED) is 0.190. The monoisotopic (exact) mass is 651 g/mol. The summed E-state index contributed by atoms with van der Waals surface area (Å²) < 4.78 is 0. The van der Waals surface area contributed by atoms with E-state index in [1.165, 1.54) is 49.5 Å². The fourth-order valence-corrected chi connectivity index (χ4v) is 8.13. The van der Waals surface area contributed by atoms with Gasteiger partial charge in [0, 0.05) is 22.1 Å². The van der Waals surface area contributed by atoms with Crippen molar-refractivity contribution in [1.29, 1.82) is 0 Å². The molecule has 51 heavy (non-hydrogen) atoms. The molecule has 0 atom stereocenters. The Balaban J connectivity index is 1.19. The van der Waals surface area contributed by atoms with Crippen LogP contribution in [0.4, 0.5) is 0 Å². The van der Waals surface area contributed by atoms with Gasteiger partial charge in [0.2, 0.25) is 0 Å². The lowest BCUT2D eigenvalue weighted by Gasteiger charge is -2.21. The highest BCUT2D eigenvalue weighted by molar-refractivity contribution is 6.07. The predicted molar refractivity (Wildman–Crippen MR) is 212 cm³/mol. The van der Waals surface area contributed by atoms with Gasteiger partial charge in [0.15, 0.2) is 17.5 Å². The number of nitrogens with zero attached hydrogens (tertiary/aromatic N) is 3. The lowest BCUT2D eigenvalue weighted by Crippen LogP contribution is -2.14. The zero-order valence-corrected chi connectivity index (χ0v) is 28.4. The van der Waals surface area contributed by atoms with E-state index in [0.717, 1.165) is 32.8 Å². The first kappa shape index (κ1) is 29.5. The molecule has 1 aliphatic carbocycles. The van der Waals surface area contributed by atoms with E-state index >= 15 is 0 Å². The molecule has 0 N–H and O–H groups in total. The third-order valence-corrected chi connectivity index (χ3v) is 10.7. The van der Waals surface area contributed by atoms with Crippen LogP contribution < -0.4 is 0 Å². The van der Waals surface area contributed by atoms with Crippen molar-refractivity contribution < 1.29 is 0 Å². The van der Waals surface area contributed by atoms with E-state index in [1.807, 2.05) is 0 Å². The summed E-state index contributed by atoms with van der Waals surface area (Å²) in [6.07, 6.45) is 0. The first-order chi connectivity index (χ1) is 25.0. The van der Waals surface area contributed by atoms with Crippen LogP contribution in [0.3, 0.4) is 0 Å². The Bertz CT molecular complexity index is 2750. The zero-order chi connectivity index (χ0) is 34.1. The van der Waals surface area contributed by atoms with Crippen LogP contribution in [0.25, 0.3) is 88.7 Å². The average molecular weight is 652 g/mol. The maximum Gasteiger partial charge on any atom is 0.164 e. The van der Waals surface area contributed by atoms with Crippen molar-refractivity contribution in [3.05, 3.63) is 175 Å². The highest BCUT2D eigenvalue weighted by Gasteiger charge is 2.36. The van der Waals surface area contributed by atoms with Crippen molar-refractivity contribution in [3.8, 4) is 56.4 Å². The van der Waals surface area contributed by atoms with E-state index in [-0.39, 0.29) is 5.41 Å². The van der Waals surface area contributed by atoms with Crippen LogP contribution in [0, 0.1) is 0 Å². The number of aromatic nitrogens is 3. The third-order valence-electron chi connectivity index (χ3n) is 10.7. The van der Waals surface area contributed by atoms with Crippen LogP contribution in [-0.4, -0.2) is 15.0 Å². The van der Waals surface area contributed by atoms with Gasteiger partial charge in [0.1, 0.15) is 0 Å². The van der Waals surface area contributed by atoms with Gasteiger partial charge in [-0.1, -0.05) is 166 Å². The van der Waals surface area contributed by atoms with Crippen LogP contribution in [0.15, 0.2) is 164 Å². The molecule has 0 radical (unpaired) electrons. The minimum absolute atomic E-state index is 0.0686. The SMILES string of the molecule is CC1(C)c2ccccc2-c2c(-c3cccc4c(-c5nc(-c6ccc7ccccc7c6)nc(-c6ccc7ccccc7c6)n5)cccc34)cccc21. The van der Waals surface area contributed by atoms with Crippen molar-refractivity contribution in [2.24, 2.45) is 0 Å². The molecule has 9 aromatic rings. The second-order valence-corrected chi connectivity index (χ2v) is 14.0. The van der Waals surface area contributed by atoms with Gasteiger partial charge < -0.3 is 0 Å². The highest BCUT2D eigenvalue weighted by Crippen LogP contribution is 2.52. The molecule has 0 spiro atoms. The van der Waals surface area contributed by atoms with E-state index < -0.39 is 0 Å². The lowest BCUT2D eigenvalue weighted by molar-refractivity contribution is 0.660. The number of hydrogen-bond acceptors (Lipinski definition) is 3. The number of rotatable bonds is 4. The lowest BCUT2D eigenvalue weighted by atomic mass is 9.82. The largest absolute Gasteiger partial charge is 0.208 e. The molecule has 0 saturated heterocycles. The molecule has 0 amide bonds. The summed E-state index contributed by atoms with van der Waals surface area (Å²) in [5.74, 6) is 1.97. The summed E-state index contributed by atoms with van der Waals surface area (Å²) in [6, 6.07) is 58.5. The molecule has 0 unspecified atom stereocenters. The molecule has 3 nitrogen and oxygen atoms in total. The Morgan fingerprint density at radius 2 is 0.824 bits per heavy atom. The van der Waals surface area contributed by atoms with Gasteiger partial charge in [-0.3, -0.25) is 0 Å². The molecule has 0 aliphatic heterocycles. The van der Waals surface area contributed by atoms with Crippen LogP contribution >= 0.6 is 0 Å².